The molecule has 0 aromatic heterocycles. The zero-order valence-electron chi connectivity index (χ0n) is 20.8. The molecule has 0 atom stereocenters. The average Bonchev–Trinajstić information content (AvgIpc) is 2.40. The third-order valence-corrected chi connectivity index (χ3v) is 23.6. The van der Waals surface area contributed by atoms with E-state index in [0.717, 1.165) is 0 Å². The molecule has 0 unspecified atom stereocenters. The maximum absolute atomic E-state index is 6.00. The standard InChI is InChI=1S/C13H39O8Si9/c1-22(14-23(2)16-25(4)18-27(6)20-29(8,9)10)15-24(3)17-26(5)19-28(7)21-30(11,12)13/h1-13H3. The van der Waals surface area contributed by atoms with E-state index in [0.29, 0.717) is 0 Å². The van der Waals surface area contributed by atoms with E-state index in [1.54, 1.807) is 0 Å². The molecule has 0 rings (SSSR count). The van der Waals surface area contributed by atoms with Gasteiger partial charge in [0.05, 0.1) is 0 Å². The van der Waals surface area contributed by atoms with Gasteiger partial charge < -0.3 is 32.9 Å². The second-order valence-electron chi connectivity index (χ2n) is 8.48. The van der Waals surface area contributed by atoms with Gasteiger partial charge in [0.1, 0.15) is 0 Å². The molecule has 30 heavy (non-hydrogen) atoms. The van der Waals surface area contributed by atoms with E-state index in [4.69, 9.17) is 32.9 Å². The summed E-state index contributed by atoms with van der Waals surface area (Å²) < 4.78 is 47.9. The fourth-order valence-corrected chi connectivity index (χ4v) is 22.6. The zero-order valence-corrected chi connectivity index (χ0v) is 29.8. The molecule has 0 bridgehead atoms. The van der Waals surface area contributed by atoms with Crippen molar-refractivity contribution in [2.24, 2.45) is 0 Å². The molecule has 7 radical (unpaired) electrons. The first-order valence-electron chi connectivity index (χ1n) is 9.77. The van der Waals surface area contributed by atoms with E-state index in [-0.39, 0.29) is 0 Å². The van der Waals surface area contributed by atoms with Crippen molar-refractivity contribution >= 4 is 81.6 Å². The monoisotopic (exact) mass is 575 g/mol. The van der Waals surface area contributed by atoms with Crippen molar-refractivity contribution in [3.05, 3.63) is 0 Å². The van der Waals surface area contributed by atoms with Gasteiger partial charge in [0.15, 0.2) is 16.6 Å². The van der Waals surface area contributed by atoms with Crippen molar-refractivity contribution in [1.82, 2.24) is 0 Å². The largest absolute Gasteiger partial charge is 0.436 e. The zero-order chi connectivity index (χ0) is 23.7. The van der Waals surface area contributed by atoms with Gasteiger partial charge in [-0.3, -0.25) is 0 Å². The van der Waals surface area contributed by atoms with E-state index < -0.39 is 81.6 Å². The van der Waals surface area contributed by atoms with Crippen LogP contribution in [0.5, 0.6) is 0 Å². The Kier molecular flexibility index (Phi) is 15.6. The molecular weight excluding hydrogens is 537 g/mol. The predicted octanol–water partition coefficient (Wildman–Crippen LogP) is 3.62. The minimum absolute atomic E-state index is 1.28. The number of hydrogen-bond donors (Lipinski definition) is 0. The molecule has 8 nitrogen and oxygen atoms in total. The Bertz CT molecular complexity index is 427. The van der Waals surface area contributed by atoms with Crippen LogP contribution in [0, 0.1) is 0 Å². The topological polar surface area (TPSA) is 73.8 Å². The molecule has 0 aromatic carbocycles. The first-order chi connectivity index (χ1) is 13.5. The third-order valence-electron chi connectivity index (χ3n) is 2.62. The minimum Gasteiger partial charge on any atom is -0.436 e. The smallest absolute Gasteiger partial charge is 0.362 e. The van der Waals surface area contributed by atoms with E-state index in [1.807, 2.05) is 45.8 Å². The maximum atomic E-state index is 6.00. The van der Waals surface area contributed by atoms with Gasteiger partial charge in [0, 0.05) is 0 Å². The molecule has 0 saturated carbocycles. The second-order valence-corrected chi connectivity index (χ2v) is 30.3. The van der Waals surface area contributed by atoms with E-state index >= 15 is 0 Å². The van der Waals surface area contributed by atoms with Crippen LogP contribution in [0.2, 0.25) is 85.1 Å². The summed E-state index contributed by atoms with van der Waals surface area (Å²) in [7, 11) is -12.9. The Morgan fingerprint density at radius 1 is 0.333 bits per heavy atom. The lowest BCUT2D eigenvalue weighted by Crippen LogP contribution is -2.43. The fraction of sp³-hybridized carbons (Fsp3) is 1.00. The van der Waals surface area contributed by atoms with Crippen molar-refractivity contribution in [3.63, 3.8) is 0 Å². The molecule has 0 aromatic rings. The molecule has 0 aliphatic heterocycles. The van der Waals surface area contributed by atoms with Crippen LogP contribution in [0.25, 0.3) is 0 Å². The lowest BCUT2D eigenvalue weighted by atomic mass is 11.8. The molecule has 0 fully saturated rings. The maximum Gasteiger partial charge on any atom is 0.362 e. The van der Waals surface area contributed by atoms with Crippen LogP contribution < -0.4 is 0 Å². The SMILES string of the molecule is C[Si](O[Si](C)O[Si](C)O[Si](C)O[Si](C)(C)C)O[Si](C)O[Si](C)O[Si](C)O[Si](C)(C)C. The van der Waals surface area contributed by atoms with Gasteiger partial charge in [-0.15, -0.1) is 0 Å². The van der Waals surface area contributed by atoms with Gasteiger partial charge in [0.2, 0.25) is 0 Å². The van der Waals surface area contributed by atoms with Gasteiger partial charge in [-0.2, -0.15) is 0 Å². The normalized spacial score (nSPS) is 14.0. The average molecular weight is 576 g/mol. The molecule has 17 heteroatoms. The molecule has 0 N–H and O–H groups in total. The molecule has 0 aliphatic rings. The van der Waals surface area contributed by atoms with Crippen LogP contribution in [0.4, 0.5) is 0 Å². The van der Waals surface area contributed by atoms with Crippen LogP contribution in [-0.2, 0) is 32.9 Å². The number of hydrogen-bond acceptors (Lipinski definition) is 8. The highest BCUT2D eigenvalue weighted by atomic mass is 28.5. The second kappa shape index (κ2) is 14.8. The van der Waals surface area contributed by atoms with Gasteiger partial charge in [-0.1, -0.05) is 0 Å². The Morgan fingerprint density at radius 3 is 0.667 bits per heavy atom. The Balaban J connectivity index is 4.21. The summed E-state index contributed by atoms with van der Waals surface area (Å²) in [6, 6.07) is 0. The lowest BCUT2D eigenvalue weighted by molar-refractivity contribution is 0.315. The Hall–Kier alpha value is 1.63. The fourth-order valence-electron chi connectivity index (χ4n) is 2.22. The van der Waals surface area contributed by atoms with Gasteiger partial charge in [-0.25, -0.2) is 0 Å². The van der Waals surface area contributed by atoms with Crippen LogP contribution in [0.3, 0.4) is 0 Å². The Morgan fingerprint density at radius 2 is 0.500 bits per heavy atom. The van der Waals surface area contributed by atoms with E-state index in [1.165, 1.54) is 0 Å². The highest BCUT2D eigenvalue weighted by molar-refractivity contribution is 6.78. The summed E-state index contributed by atoms with van der Waals surface area (Å²) in [5.74, 6) is 0. The lowest BCUT2D eigenvalue weighted by Gasteiger charge is -2.26. The minimum atomic E-state index is -1.59. The van der Waals surface area contributed by atoms with Gasteiger partial charge in [0.25, 0.3) is 0 Å². The van der Waals surface area contributed by atoms with Crippen LogP contribution in [0.1, 0.15) is 0 Å². The molecule has 0 heterocycles. The van der Waals surface area contributed by atoms with Crippen molar-refractivity contribution < 1.29 is 32.9 Å². The highest BCUT2D eigenvalue weighted by Crippen LogP contribution is 2.10. The summed E-state index contributed by atoms with van der Waals surface area (Å²) >= 11 is 0. The van der Waals surface area contributed by atoms with Crippen LogP contribution >= 0.6 is 0 Å². The molecular formula is C13H39O8Si9. The van der Waals surface area contributed by atoms with Crippen molar-refractivity contribution in [2.45, 2.75) is 85.1 Å². The molecule has 175 valence electrons. The summed E-state index contributed by atoms with van der Waals surface area (Å²) in [6.07, 6.45) is 0. The quantitative estimate of drug-likeness (QED) is 0.258. The number of rotatable bonds is 16. The van der Waals surface area contributed by atoms with Gasteiger partial charge in [-0.05, 0) is 85.1 Å². The van der Waals surface area contributed by atoms with Crippen molar-refractivity contribution in [1.29, 1.82) is 0 Å². The molecule has 0 amide bonds. The third kappa shape index (κ3) is 19.1. The first kappa shape index (κ1) is 31.6. The van der Waals surface area contributed by atoms with Crippen molar-refractivity contribution in [3.8, 4) is 0 Å². The highest BCUT2D eigenvalue weighted by Gasteiger charge is 2.29. The summed E-state index contributed by atoms with van der Waals surface area (Å²) in [6.45, 7) is 26.9. The van der Waals surface area contributed by atoms with E-state index in [9.17, 15) is 0 Å². The predicted molar refractivity (Wildman–Crippen MR) is 137 cm³/mol. The molecule has 0 spiro atoms. The summed E-state index contributed by atoms with van der Waals surface area (Å²) in [5.41, 5.74) is 0. The van der Waals surface area contributed by atoms with Crippen LogP contribution in [0.15, 0.2) is 0 Å². The first-order valence-corrected chi connectivity index (χ1v) is 29.3. The van der Waals surface area contributed by atoms with Gasteiger partial charge >= 0.3 is 65.0 Å². The van der Waals surface area contributed by atoms with E-state index in [2.05, 4.69) is 39.3 Å². The van der Waals surface area contributed by atoms with Crippen LogP contribution in [-0.4, -0.2) is 81.6 Å². The Labute approximate surface area is 199 Å². The molecule has 0 saturated heterocycles. The molecule has 0 aliphatic carbocycles. The summed E-state index contributed by atoms with van der Waals surface area (Å²) in [5, 5.41) is 0. The van der Waals surface area contributed by atoms with Crippen molar-refractivity contribution in [2.75, 3.05) is 0 Å². The summed E-state index contributed by atoms with van der Waals surface area (Å²) in [4.78, 5) is 0.